The first-order chi connectivity index (χ1) is 11.4. The minimum atomic E-state index is -0.983. The lowest BCUT2D eigenvalue weighted by molar-refractivity contribution is -0.138. The third-order valence-corrected chi connectivity index (χ3v) is 5.32. The number of carbonyl (C=O) groups excluding carboxylic acids is 2. The SMILES string of the molecule is CC1Sc2ccc(C(=O)NC3(CC(=O)O)CCOC3)cc2NC1=O. The molecule has 0 radical (unpaired) electrons. The van der Waals surface area contributed by atoms with Crippen LogP contribution < -0.4 is 10.6 Å². The standard InChI is InChI=1S/C16H18N2O5S/c1-9-14(21)17-11-6-10(2-3-12(11)24-9)15(22)18-16(7-13(19)20)4-5-23-8-16/h2-3,6,9H,4-5,7-8H2,1H3,(H,17,21)(H,18,22)(H,19,20). The summed E-state index contributed by atoms with van der Waals surface area (Å²) in [6.07, 6.45) is 0.272. The van der Waals surface area contributed by atoms with Crippen molar-refractivity contribution in [2.75, 3.05) is 18.5 Å². The first-order valence-corrected chi connectivity index (χ1v) is 8.50. The number of ether oxygens (including phenoxy) is 1. The van der Waals surface area contributed by atoms with Gasteiger partial charge in [0.05, 0.1) is 29.5 Å². The van der Waals surface area contributed by atoms with Crippen LogP contribution in [0.3, 0.4) is 0 Å². The van der Waals surface area contributed by atoms with Gasteiger partial charge in [-0.1, -0.05) is 0 Å². The third kappa shape index (κ3) is 3.39. The fourth-order valence-corrected chi connectivity index (χ4v) is 3.77. The summed E-state index contributed by atoms with van der Waals surface area (Å²) in [4.78, 5) is 36.3. The van der Waals surface area contributed by atoms with Gasteiger partial charge in [-0.15, -0.1) is 11.8 Å². The molecule has 3 rings (SSSR count). The maximum Gasteiger partial charge on any atom is 0.305 e. The van der Waals surface area contributed by atoms with Crippen LogP contribution in [0.15, 0.2) is 23.1 Å². The van der Waals surface area contributed by atoms with Gasteiger partial charge in [0.1, 0.15) is 0 Å². The summed E-state index contributed by atoms with van der Waals surface area (Å²) in [5.41, 5.74) is 0.0947. The maximum atomic E-state index is 12.5. The molecule has 2 amide bonds. The molecule has 24 heavy (non-hydrogen) atoms. The number of nitrogens with one attached hydrogen (secondary N) is 2. The Kier molecular flexibility index (Phi) is 4.51. The van der Waals surface area contributed by atoms with Crippen molar-refractivity contribution in [3.63, 3.8) is 0 Å². The predicted molar refractivity (Wildman–Crippen MR) is 88.3 cm³/mol. The first kappa shape index (κ1) is 16.8. The van der Waals surface area contributed by atoms with Crippen LogP contribution in [0.2, 0.25) is 0 Å². The fraction of sp³-hybridized carbons (Fsp3) is 0.438. The van der Waals surface area contributed by atoms with Gasteiger partial charge in [0.25, 0.3) is 5.91 Å². The number of anilines is 1. The molecule has 1 aromatic rings. The third-order valence-electron chi connectivity index (χ3n) is 4.14. The number of carboxylic acids is 1. The van der Waals surface area contributed by atoms with E-state index in [0.717, 1.165) is 4.90 Å². The van der Waals surface area contributed by atoms with E-state index in [1.807, 2.05) is 6.92 Å². The number of benzene rings is 1. The fourth-order valence-electron chi connectivity index (χ4n) is 2.84. The molecule has 3 N–H and O–H groups in total. The quantitative estimate of drug-likeness (QED) is 0.760. The Balaban J connectivity index is 1.79. The van der Waals surface area contributed by atoms with Gasteiger partial charge >= 0.3 is 5.97 Å². The molecule has 2 atom stereocenters. The van der Waals surface area contributed by atoms with Crippen molar-refractivity contribution in [1.29, 1.82) is 0 Å². The van der Waals surface area contributed by atoms with Gasteiger partial charge < -0.3 is 20.5 Å². The van der Waals surface area contributed by atoms with Gasteiger partial charge in [-0.2, -0.15) is 0 Å². The van der Waals surface area contributed by atoms with Crippen molar-refractivity contribution < 1.29 is 24.2 Å². The molecule has 0 aromatic heterocycles. The summed E-state index contributed by atoms with van der Waals surface area (Å²) in [7, 11) is 0. The molecule has 128 valence electrons. The lowest BCUT2D eigenvalue weighted by Gasteiger charge is -2.27. The highest BCUT2D eigenvalue weighted by Crippen LogP contribution is 2.36. The van der Waals surface area contributed by atoms with Crippen LogP contribution in [0.5, 0.6) is 0 Å². The van der Waals surface area contributed by atoms with Crippen LogP contribution in [0.25, 0.3) is 0 Å². The van der Waals surface area contributed by atoms with Gasteiger partial charge in [0, 0.05) is 17.1 Å². The molecule has 2 aliphatic rings. The van der Waals surface area contributed by atoms with E-state index in [4.69, 9.17) is 9.84 Å². The van der Waals surface area contributed by atoms with Gasteiger partial charge in [-0.05, 0) is 31.5 Å². The Morgan fingerprint density at radius 3 is 2.96 bits per heavy atom. The van der Waals surface area contributed by atoms with E-state index in [9.17, 15) is 14.4 Å². The number of hydrogen-bond acceptors (Lipinski definition) is 5. The molecule has 2 unspecified atom stereocenters. The average molecular weight is 350 g/mol. The Bertz CT molecular complexity index is 700. The largest absolute Gasteiger partial charge is 0.481 e. The van der Waals surface area contributed by atoms with E-state index < -0.39 is 11.5 Å². The summed E-state index contributed by atoms with van der Waals surface area (Å²) in [6.45, 7) is 2.42. The second-order valence-corrected chi connectivity index (χ2v) is 7.45. The smallest absolute Gasteiger partial charge is 0.305 e. The maximum absolute atomic E-state index is 12.5. The zero-order chi connectivity index (χ0) is 17.3. The zero-order valence-electron chi connectivity index (χ0n) is 13.1. The van der Waals surface area contributed by atoms with Crippen molar-refractivity contribution in [2.24, 2.45) is 0 Å². The Hall–Kier alpha value is -2.06. The molecule has 0 bridgehead atoms. The van der Waals surface area contributed by atoms with E-state index in [2.05, 4.69) is 10.6 Å². The van der Waals surface area contributed by atoms with Gasteiger partial charge in [-0.3, -0.25) is 14.4 Å². The van der Waals surface area contributed by atoms with Crippen molar-refractivity contribution in [3.05, 3.63) is 23.8 Å². The van der Waals surface area contributed by atoms with Crippen LogP contribution in [0, 0.1) is 0 Å². The lowest BCUT2D eigenvalue weighted by atomic mass is 9.93. The second kappa shape index (κ2) is 6.45. The van der Waals surface area contributed by atoms with Crippen LogP contribution in [0.1, 0.15) is 30.1 Å². The van der Waals surface area contributed by atoms with E-state index in [-0.39, 0.29) is 30.1 Å². The summed E-state index contributed by atoms with van der Waals surface area (Å²) in [5, 5.41) is 14.5. The molecule has 1 aromatic carbocycles. The molecule has 2 heterocycles. The van der Waals surface area contributed by atoms with E-state index in [1.165, 1.54) is 11.8 Å². The highest BCUT2D eigenvalue weighted by molar-refractivity contribution is 8.00. The summed E-state index contributed by atoms with van der Waals surface area (Å²) >= 11 is 1.44. The molecule has 2 aliphatic heterocycles. The van der Waals surface area contributed by atoms with Crippen molar-refractivity contribution in [1.82, 2.24) is 5.32 Å². The molecule has 1 fully saturated rings. The minimum Gasteiger partial charge on any atom is -0.481 e. The monoisotopic (exact) mass is 350 g/mol. The number of aliphatic carboxylic acids is 1. The highest BCUT2D eigenvalue weighted by Gasteiger charge is 2.39. The van der Waals surface area contributed by atoms with Gasteiger partial charge in [-0.25, -0.2) is 0 Å². The molecular weight excluding hydrogens is 332 g/mol. The zero-order valence-corrected chi connectivity index (χ0v) is 13.9. The van der Waals surface area contributed by atoms with E-state index in [1.54, 1.807) is 18.2 Å². The number of hydrogen-bond donors (Lipinski definition) is 3. The normalized spacial score (nSPS) is 25.7. The predicted octanol–water partition coefficient (Wildman–Crippen LogP) is 1.48. The molecule has 0 saturated carbocycles. The highest BCUT2D eigenvalue weighted by atomic mass is 32.2. The van der Waals surface area contributed by atoms with Crippen molar-refractivity contribution in [2.45, 2.75) is 35.4 Å². The van der Waals surface area contributed by atoms with Crippen LogP contribution in [-0.2, 0) is 14.3 Å². The number of carboxylic acid groups (broad SMARTS) is 1. The molecule has 0 spiro atoms. The second-order valence-electron chi connectivity index (χ2n) is 6.07. The minimum absolute atomic E-state index is 0.100. The summed E-state index contributed by atoms with van der Waals surface area (Å²) in [5.74, 6) is -1.46. The summed E-state index contributed by atoms with van der Waals surface area (Å²) < 4.78 is 5.28. The Morgan fingerprint density at radius 2 is 2.29 bits per heavy atom. The number of thioether (sulfide) groups is 1. The average Bonchev–Trinajstić information content (AvgIpc) is 2.95. The van der Waals surface area contributed by atoms with Crippen molar-refractivity contribution in [3.8, 4) is 0 Å². The Labute approximate surface area is 143 Å². The van der Waals surface area contributed by atoms with E-state index >= 15 is 0 Å². The van der Waals surface area contributed by atoms with Crippen LogP contribution in [-0.4, -0.2) is 46.9 Å². The summed E-state index contributed by atoms with van der Waals surface area (Å²) in [6, 6.07) is 5.08. The number of carbonyl (C=O) groups is 3. The van der Waals surface area contributed by atoms with Crippen molar-refractivity contribution >= 4 is 35.2 Å². The molecule has 0 aliphatic carbocycles. The van der Waals surface area contributed by atoms with Gasteiger partial charge in [0.15, 0.2) is 0 Å². The lowest BCUT2D eigenvalue weighted by Crippen LogP contribution is -2.50. The number of amides is 2. The number of rotatable bonds is 4. The van der Waals surface area contributed by atoms with E-state index in [0.29, 0.717) is 24.3 Å². The first-order valence-electron chi connectivity index (χ1n) is 7.62. The van der Waals surface area contributed by atoms with Crippen LogP contribution in [0.4, 0.5) is 5.69 Å². The Morgan fingerprint density at radius 1 is 1.50 bits per heavy atom. The van der Waals surface area contributed by atoms with Crippen LogP contribution >= 0.6 is 11.8 Å². The molecule has 8 heteroatoms. The topological polar surface area (TPSA) is 105 Å². The molecular formula is C16H18N2O5S. The molecule has 1 saturated heterocycles. The molecule has 7 nitrogen and oxygen atoms in total. The van der Waals surface area contributed by atoms with Gasteiger partial charge in [0.2, 0.25) is 5.91 Å². The number of fused-ring (bicyclic) bond motifs is 1.